The first-order chi connectivity index (χ1) is 16.5. The van der Waals surface area contributed by atoms with Crippen LogP contribution in [0.5, 0.6) is 0 Å². The highest BCUT2D eigenvalue weighted by molar-refractivity contribution is 9.10. The predicted molar refractivity (Wildman–Crippen MR) is 136 cm³/mol. The summed E-state index contributed by atoms with van der Waals surface area (Å²) in [6, 6.07) is 19.2. The van der Waals surface area contributed by atoms with Crippen molar-refractivity contribution >= 4 is 43.6 Å². The predicted octanol–water partition coefficient (Wildman–Crippen LogP) is 6.04. The second-order valence-corrected chi connectivity index (χ2v) is 9.16. The summed E-state index contributed by atoms with van der Waals surface area (Å²) in [5, 5.41) is 4.17. The molecule has 0 fully saturated rings. The maximum absolute atomic E-state index is 14.8. The highest BCUT2D eigenvalue weighted by Crippen LogP contribution is 2.31. The molecule has 6 nitrogen and oxygen atoms in total. The maximum Gasteiger partial charge on any atom is 0.267 e. The number of nitrogens with zero attached hydrogens (tertiary/aromatic N) is 4. The third-order valence-corrected chi connectivity index (χ3v) is 6.40. The van der Waals surface area contributed by atoms with Crippen LogP contribution in [-0.4, -0.2) is 19.5 Å². The van der Waals surface area contributed by atoms with Gasteiger partial charge in [0.15, 0.2) is 0 Å². The summed E-state index contributed by atoms with van der Waals surface area (Å²) in [5.74, 6) is 0.437. The summed E-state index contributed by atoms with van der Waals surface area (Å²) in [6.07, 6.45) is 1.40. The van der Waals surface area contributed by atoms with Gasteiger partial charge in [-0.05, 0) is 58.2 Å². The van der Waals surface area contributed by atoms with E-state index < -0.39 is 11.9 Å². The van der Waals surface area contributed by atoms with Gasteiger partial charge in [0.1, 0.15) is 23.8 Å². The van der Waals surface area contributed by atoms with Crippen LogP contribution in [-0.2, 0) is 0 Å². The number of halogens is 2. The van der Waals surface area contributed by atoms with Crippen LogP contribution in [0.15, 0.2) is 82.3 Å². The van der Waals surface area contributed by atoms with E-state index in [1.165, 1.54) is 12.4 Å². The van der Waals surface area contributed by atoms with E-state index in [0.29, 0.717) is 43.6 Å². The fourth-order valence-corrected chi connectivity index (χ4v) is 4.62. The first-order valence-electron chi connectivity index (χ1n) is 10.9. The molecule has 8 heteroatoms. The highest BCUT2D eigenvalue weighted by Gasteiger charge is 2.26. The van der Waals surface area contributed by atoms with Gasteiger partial charge in [-0.25, -0.2) is 19.3 Å². The van der Waals surface area contributed by atoms with Crippen molar-refractivity contribution in [1.29, 1.82) is 0 Å². The van der Waals surface area contributed by atoms with Gasteiger partial charge in [0.2, 0.25) is 0 Å². The van der Waals surface area contributed by atoms with E-state index in [9.17, 15) is 9.18 Å². The summed E-state index contributed by atoms with van der Waals surface area (Å²) in [4.78, 5) is 27.2. The molecule has 1 atom stereocenters. The van der Waals surface area contributed by atoms with E-state index in [1.807, 2.05) is 62.4 Å². The lowest BCUT2D eigenvalue weighted by atomic mass is 10.0. The van der Waals surface area contributed by atoms with Gasteiger partial charge in [0, 0.05) is 4.47 Å². The van der Waals surface area contributed by atoms with Crippen molar-refractivity contribution in [1.82, 2.24) is 19.5 Å². The van der Waals surface area contributed by atoms with Crippen LogP contribution in [0, 0.1) is 11.7 Å². The number of anilines is 1. The van der Waals surface area contributed by atoms with Gasteiger partial charge < -0.3 is 5.32 Å². The Morgan fingerprint density at radius 3 is 2.41 bits per heavy atom. The molecule has 0 aliphatic heterocycles. The minimum atomic E-state index is -0.450. The summed E-state index contributed by atoms with van der Waals surface area (Å²) >= 11 is 3.51. The fourth-order valence-electron chi connectivity index (χ4n) is 4.10. The van der Waals surface area contributed by atoms with E-state index in [-0.39, 0.29) is 11.5 Å². The summed E-state index contributed by atoms with van der Waals surface area (Å²) in [7, 11) is 0. The summed E-state index contributed by atoms with van der Waals surface area (Å²) in [6.45, 7) is 4.04. The first-order valence-corrected chi connectivity index (χ1v) is 11.7. The standard InChI is InChI=1S/C26H21BrFN5O/c1-15(2)23(32-24-22-18(28)11-7-12-19(22)29-14-30-24)25-31-20-13-6-10-17(27)21(20)26(34)33(25)16-8-4-3-5-9-16/h3-15,23H,1-2H3,(H,29,30,32). The average Bonchev–Trinajstić information content (AvgIpc) is 2.83. The molecule has 0 bridgehead atoms. The average molecular weight is 518 g/mol. The molecular formula is C26H21BrFN5O. The molecule has 0 spiro atoms. The van der Waals surface area contributed by atoms with Crippen LogP contribution in [0.1, 0.15) is 25.7 Å². The number of hydrogen-bond acceptors (Lipinski definition) is 5. The van der Waals surface area contributed by atoms with Crippen molar-refractivity contribution in [3.63, 3.8) is 0 Å². The van der Waals surface area contributed by atoms with Gasteiger partial charge in [-0.15, -0.1) is 0 Å². The normalized spacial score (nSPS) is 12.4. The zero-order chi connectivity index (χ0) is 23.8. The highest BCUT2D eigenvalue weighted by atomic mass is 79.9. The van der Waals surface area contributed by atoms with Crippen LogP contribution in [0.25, 0.3) is 27.5 Å². The van der Waals surface area contributed by atoms with Crippen molar-refractivity contribution < 1.29 is 4.39 Å². The Morgan fingerprint density at radius 2 is 1.65 bits per heavy atom. The van der Waals surface area contributed by atoms with Crippen LogP contribution in [0.2, 0.25) is 0 Å². The lowest BCUT2D eigenvalue weighted by Gasteiger charge is -2.26. The van der Waals surface area contributed by atoms with Gasteiger partial charge in [-0.1, -0.05) is 44.2 Å². The molecule has 1 unspecified atom stereocenters. The zero-order valence-electron chi connectivity index (χ0n) is 18.5. The number of nitrogens with one attached hydrogen (secondary N) is 1. The molecule has 5 aromatic rings. The van der Waals surface area contributed by atoms with Crippen molar-refractivity contribution in [3.05, 3.63) is 99.5 Å². The van der Waals surface area contributed by atoms with Gasteiger partial charge >= 0.3 is 0 Å². The largest absolute Gasteiger partial charge is 0.359 e. The number of rotatable bonds is 5. The van der Waals surface area contributed by atoms with Gasteiger partial charge in [0.05, 0.1) is 33.5 Å². The molecule has 3 aromatic carbocycles. The summed E-state index contributed by atoms with van der Waals surface area (Å²) in [5.41, 5.74) is 1.58. The molecule has 170 valence electrons. The monoisotopic (exact) mass is 517 g/mol. The lowest BCUT2D eigenvalue weighted by Crippen LogP contribution is -2.30. The van der Waals surface area contributed by atoms with Crippen LogP contribution in [0.4, 0.5) is 10.2 Å². The third kappa shape index (κ3) is 3.84. The number of hydrogen-bond donors (Lipinski definition) is 1. The first kappa shape index (κ1) is 22.2. The number of aromatic nitrogens is 4. The van der Waals surface area contributed by atoms with E-state index in [4.69, 9.17) is 4.98 Å². The van der Waals surface area contributed by atoms with Crippen LogP contribution >= 0.6 is 15.9 Å². The fraction of sp³-hybridized carbons (Fsp3) is 0.154. The van der Waals surface area contributed by atoms with E-state index in [1.54, 1.807) is 16.7 Å². The number of para-hydroxylation sites is 1. The Balaban J connectivity index is 1.77. The Bertz CT molecular complexity index is 1560. The second kappa shape index (κ2) is 8.95. The molecule has 0 saturated carbocycles. The van der Waals surface area contributed by atoms with Crippen molar-refractivity contribution in [2.24, 2.45) is 5.92 Å². The quantitative estimate of drug-likeness (QED) is 0.307. The molecule has 1 N–H and O–H groups in total. The molecule has 0 saturated heterocycles. The Hall–Kier alpha value is -3.65. The number of benzene rings is 3. The van der Waals surface area contributed by atoms with E-state index >= 15 is 0 Å². The van der Waals surface area contributed by atoms with Gasteiger partial charge in [-0.2, -0.15) is 0 Å². The zero-order valence-corrected chi connectivity index (χ0v) is 20.1. The Kier molecular flexibility index (Phi) is 5.83. The Morgan fingerprint density at radius 1 is 0.912 bits per heavy atom. The molecule has 2 heterocycles. The second-order valence-electron chi connectivity index (χ2n) is 8.30. The molecular weight excluding hydrogens is 497 g/mol. The lowest BCUT2D eigenvalue weighted by molar-refractivity contribution is 0.509. The molecule has 0 aliphatic rings. The molecule has 0 aliphatic carbocycles. The van der Waals surface area contributed by atoms with Crippen LogP contribution < -0.4 is 10.9 Å². The van der Waals surface area contributed by atoms with E-state index in [0.717, 1.165) is 0 Å². The minimum absolute atomic E-state index is 0.0109. The Labute approximate surface area is 203 Å². The third-order valence-electron chi connectivity index (χ3n) is 5.74. The maximum atomic E-state index is 14.8. The van der Waals surface area contributed by atoms with Crippen molar-refractivity contribution in [3.8, 4) is 5.69 Å². The smallest absolute Gasteiger partial charge is 0.267 e. The minimum Gasteiger partial charge on any atom is -0.359 e. The topological polar surface area (TPSA) is 72.7 Å². The van der Waals surface area contributed by atoms with Gasteiger partial charge in [-0.3, -0.25) is 9.36 Å². The number of fused-ring (bicyclic) bond motifs is 2. The molecule has 5 rings (SSSR count). The summed E-state index contributed by atoms with van der Waals surface area (Å²) < 4.78 is 17.1. The van der Waals surface area contributed by atoms with Crippen molar-refractivity contribution in [2.75, 3.05) is 5.32 Å². The SMILES string of the molecule is CC(C)C(Nc1ncnc2cccc(F)c12)c1nc2cccc(Br)c2c(=O)n1-c1ccccc1. The van der Waals surface area contributed by atoms with Crippen molar-refractivity contribution in [2.45, 2.75) is 19.9 Å². The van der Waals surface area contributed by atoms with Gasteiger partial charge in [0.25, 0.3) is 5.56 Å². The molecule has 0 amide bonds. The molecule has 0 radical (unpaired) electrons. The van der Waals surface area contributed by atoms with E-state index in [2.05, 4.69) is 31.2 Å². The van der Waals surface area contributed by atoms with Crippen LogP contribution in [0.3, 0.4) is 0 Å². The molecule has 34 heavy (non-hydrogen) atoms. The molecule has 2 aromatic heterocycles.